The minimum absolute atomic E-state index is 0.153. The number of benzene rings is 2. The Labute approximate surface area is 155 Å². The lowest BCUT2D eigenvalue weighted by Crippen LogP contribution is -2.26. The fraction of sp³-hybridized carbons (Fsp3) is 0.150. The average molecular weight is 374 g/mol. The summed E-state index contributed by atoms with van der Waals surface area (Å²) >= 11 is 6.15. The number of hydrogen-bond acceptors (Lipinski definition) is 3. The first kappa shape index (κ1) is 18.0. The Morgan fingerprint density at radius 1 is 1.19 bits per heavy atom. The average Bonchev–Trinajstić information content (AvgIpc) is 3.12. The van der Waals surface area contributed by atoms with E-state index in [1.807, 2.05) is 18.2 Å². The molecule has 0 bridgehead atoms. The molecule has 1 heterocycles. The maximum Gasteiger partial charge on any atom is 0.287 e. The van der Waals surface area contributed by atoms with Gasteiger partial charge in [-0.25, -0.2) is 4.39 Å². The molecule has 1 atom stereocenters. The van der Waals surface area contributed by atoms with Crippen LogP contribution in [0.5, 0.6) is 5.75 Å². The van der Waals surface area contributed by atoms with Gasteiger partial charge in [-0.1, -0.05) is 29.8 Å². The number of ether oxygens (including phenoxy) is 1. The Bertz CT molecular complexity index is 938. The third-order valence-corrected chi connectivity index (χ3v) is 4.32. The zero-order chi connectivity index (χ0) is 18.7. The van der Waals surface area contributed by atoms with Crippen LogP contribution in [0, 0.1) is 5.82 Å². The van der Waals surface area contributed by atoms with E-state index in [0.29, 0.717) is 21.9 Å². The van der Waals surface area contributed by atoms with Crippen LogP contribution in [0.25, 0.3) is 11.3 Å². The molecule has 6 heteroatoms. The predicted molar refractivity (Wildman–Crippen MR) is 98.0 cm³/mol. The van der Waals surface area contributed by atoms with Gasteiger partial charge in [-0.2, -0.15) is 0 Å². The van der Waals surface area contributed by atoms with E-state index in [1.54, 1.807) is 31.2 Å². The molecule has 3 rings (SSSR count). The molecule has 1 aromatic heterocycles. The fourth-order valence-electron chi connectivity index (χ4n) is 2.57. The van der Waals surface area contributed by atoms with Crippen molar-refractivity contribution in [3.63, 3.8) is 0 Å². The summed E-state index contributed by atoms with van der Waals surface area (Å²) in [6.07, 6.45) is 0. The van der Waals surface area contributed by atoms with Crippen molar-refractivity contribution in [1.82, 2.24) is 5.32 Å². The summed E-state index contributed by atoms with van der Waals surface area (Å²) in [7, 11) is 1.40. The van der Waals surface area contributed by atoms with Crippen LogP contribution in [-0.2, 0) is 0 Å². The molecule has 0 spiro atoms. The van der Waals surface area contributed by atoms with Crippen LogP contribution in [-0.4, -0.2) is 13.0 Å². The monoisotopic (exact) mass is 373 g/mol. The third kappa shape index (κ3) is 3.73. The third-order valence-electron chi connectivity index (χ3n) is 3.99. The molecule has 0 saturated heterocycles. The highest BCUT2D eigenvalue weighted by Crippen LogP contribution is 2.29. The number of methoxy groups -OCH3 is 1. The second-order valence-electron chi connectivity index (χ2n) is 5.73. The molecule has 1 amide bonds. The van der Waals surface area contributed by atoms with Gasteiger partial charge in [0.1, 0.15) is 5.76 Å². The van der Waals surface area contributed by atoms with E-state index >= 15 is 0 Å². The molecule has 0 radical (unpaired) electrons. The fourth-order valence-corrected chi connectivity index (χ4v) is 2.80. The minimum atomic E-state index is -0.481. The molecule has 0 fully saturated rings. The van der Waals surface area contributed by atoms with Crippen LogP contribution in [0.3, 0.4) is 0 Å². The van der Waals surface area contributed by atoms with E-state index in [0.717, 1.165) is 0 Å². The zero-order valence-corrected chi connectivity index (χ0v) is 15.0. The van der Waals surface area contributed by atoms with Crippen molar-refractivity contribution < 1.29 is 18.3 Å². The summed E-state index contributed by atoms with van der Waals surface area (Å²) in [4.78, 5) is 12.4. The van der Waals surface area contributed by atoms with Gasteiger partial charge >= 0.3 is 0 Å². The summed E-state index contributed by atoms with van der Waals surface area (Å²) in [6, 6.07) is 14.6. The quantitative estimate of drug-likeness (QED) is 0.665. The molecule has 3 aromatic rings. The summed E-state index contributed by atoms with van der Waals surface area (Å²) < 4.78 is 24.3. The summed E-state index contributed by atoms with van der Waals surface area (Å²) in [5.74, 6) is -0.0653. The second kappa shape index (κ2) is 7.62. The Hall–Kier alpha value is -2.79. The largest absolute Gasteiger partial charge is 0.494 e. The molecule has 2 aromatic carbocycles. The van der Waals surface area contributed by atoms with E-state index in [-0.39, 0.29) is 11.5 Å². The lowest BCUT2D eigenvalue weighted by atomic mass is 10.1. The van der Waals surface area contributed by atoms with Gasteiger partial charge in [0.15, 0.2) is 17.3 Å². The standard InChI is InChI=1S/C20H17ClFNO3/c1-12(13-7-8-18(25-2)16(22)11-13)23-20(24)19-10-9-17(26-19)14-5-3-4-6-15(14)21/h3-12H,1-2H3,(H,23,24). The van der Waals surface area contributed by atoms with E-state index < -0.39 is 17.8 Å². The maximum absolute atomic E-state index is 13.8. The van der Waals surface area contributed by atoms with Crippen molar-refractivity contribution in [2.24, 2.45) is 0 Å². The molecule has 26 heavy (non-hydrogen) atoms. The van der Waals surface area contributed by atoms with Gasteiger partial charge in [0.2, 0.25) is 0 Å². The van der Waals surface area contributed by atoms with Crippen molar-refractivity contribution in [3.05, 3.63) is 76.8 Å². The molecule has 0 aliphatic heterocycles. The Morgan fingerprint density at radius 3 is 2.65 bits per heavy atom. The first-order valence-corrected chi connectivity index (χ1v) is 8.36. The summed E-state index contributed by atoms with van der Waals surface area (Å²) in [5.41, 5.74) is 1.33. The van der Waals surface area contributed by atoms with Gasteiger partial charge in [0.05, 0.1) is 18.2 Å². The van der Waals surface area contributed by atoms with Crippen LogP contribution in [0.2, 0.25) is 5.02 Å². The highest BCUT2D eigenvalue weighted by atomic mass is 35.5. The van der Waals surface area contributed by atoms with Gasteiger partial charge in [0, 0.05) is 5.56 Å². The van der Waals surface area contributed by atoms with E-state index in [2.05, 4.69) is 5.32 Å². The van der Waals surface area contributed by atoms with Crippen molar-refractivity contribution in [3.8, 4) is 17.1 Å². The number of furan rings is 1. The van der Waals surface area contributed by atoms with Crippen LogP contribution in [0.4, 0.5) is 4.39 Å². The summed E-state index contributed by atoms with van der Waals surface area (Å²) in [5, 5.41) is 3.32. The Balaban J connectivity index is 1.74. The highest BCUT2D eigenvalue weighted by molar-refractivity contribution is 6.33. The van der Waals surface area contributed by atoms with Crippen molar-refractivity contribution in [1.29, 1.82) is 0 Å². The first-order chi connectivity index (χ1) is 12.5. The van der Waals surface area contributed by atoms with Crippen molar-refractivity contribution in [2.45, 2.75) is 13.0 Å². The Morgan fingerprint density at radius 2 is 1.96 bits per heavy atom. The second-order valence-corrected chi connectivity index (χ2v) is 6.14. The van der Waals surface area contributed by atoms with Gasteiger partial charge in [-0.05, 0) is 48.9 Å². The predicted octanol–water partition coefficient (Wildman–Crippen LogP) is 5.24. The van der Waals surface area contributed by atoms with Crippen molar-refractivity contribution >= 4 is 17.5 Å². The Kier molecular flexibility index (Phi) is 5.28. The molecule has 0 saturated carbocycles. The molecule has 1 unspecified atom stereocenters. The first-order valence-electron chi connectivity index (χ1n) is 7.98. The SMILES string of the molecule is COc1ccc(C(C)NC(=O)c2ccc(-c3ccccc3Cl)o2)cc1F. The number of carbonyl (C=O) groups is 1. The maximum atomic E-state index is 13.8. The molecule has 134 valence electrons. The van der Waals surface area contributed by atoms with E-state index in [4.69, 9.17) is 20.8 Å². The lowest BCUT2D eigenvalue weighted by molar-refractivity contribution is 0.0912. The number of amides is 1. The van der Waals surface area contributed by atoms with Crippen LogP contribution < -0.4 is 10.1 Å². The molecule has 1 N–H and O–H groups in total. The summed E-state index contributed by atoms with van der Waals surface area (Å²) in [6.45, 7) is 1.76. The molecular weight excluding hydrogens is 357 g/mol. The van der Waals surface area contributed by atoms with Gasteiger partial charge in [-0.3, -0.25) is 4.79 Å². The highest BCUT2D eigenvalue weighted by Gasteiger charge is 2.17. The number of carbonyl (C=O) groups excluding carboxylic acids is 1. The zero-order valence-electron chi connectivity index (χ0n) is 14.3. The van der Waals surface area contributed by atoms with Gasteiger partial charge in [0.25, 0.3) is 5.91 Å². The molecule has 4 nitrogen and oxygen atoms in total. The van der Waals surface area contributed by atoms with Gasteiger partial charge < -0.3 is 14.5 Å². The van der Waals surface area contributed by atoms with Gasteiger partial charge in [-0.15, -0.1) is 0 Å². The molecule has 0 aliphatic rings. The topological polar surface area (TPSA) is 51.5 Å². The van der Waals surface area contributed by atoms with Crippen LogP contribution >= 0.6 is 11.6 Å². The number of halogens is 2. The number of hydrogen-bond donors (Lipinski definition) is 1. The molecular formula is C20H17ClFNO3. The number of nitrogens with one attached hydrogen (secondary N) is 1. The smallest absolute Gasteiger partial charge is 0.287 e. The molecule has 0 aliphatic carbocycles. The van der Waals surface area contributed by atoms with E-state index in [9.17, 15) is 9.18 Å². The van der Waals surface area contributed by atoms with Crippen LogP contribution in [0.15, 0.2) is 59.0 Å². The minimum Gasteiger partial charge on any atom is -0.494 e. The number of rotatable bonds is 5. The van der Waals surface area contributed by atoms with Crippen molar-refractivity contribution in [2.75, 3.05) is 7.11 Å². The lowest BCUT2D eigenvalue weighted by Gasteiger charge is -2.14. The van der Waals surface area contributed by atoms with Crippen LogP contribution in [0.1, 0.15) is 29.1 Å². The normalized spacial score (nSPS) is 11.8. The van der Waals surface area contributed by atoms with E-state index in [1.165, 1.54) is 19.2 Å².